The van der Waals surface area contributed by atoms with E-state index in [4.69, 9.17) is 47.4 Å². The molecule has 0 spiro atoms. The van der Waals surface area contributed by atoms with E-state index in [9.17, 15) is 28.8 Å². The minimum Gasteiger partial charge on any atom is -0.502 e. The quantitative estimate of drug-likeness (QED) is 0.0214. The molecule has 2 atom stereocenters. The van der Waals surface area contributed by atoms with Crippen molar-refractivity contribution in [2.45, 2.75) is 103 Å². The van der Waals surface area contributed by atoms with Crippen LogP contribution in [0.25, 0.3) is 0 Å². The molecule has 0 amide bonds. The minimum absolute atomic E-state index is 0.101. The highest BCUT2D eigenvalue weighted by atomic mass is 16.7. The van der Waals surface area contributed by atoms with Crippen LogP contribution in [0.5, 0.6) is 0 Å². The summed E-state index contributed by atoms with van der Waals surface area (Å²) in [6.45, 7) is 12.4. The molecular formula is C46H62O16. The fraction of sp³-hybridized carbons (Fsp3) is 0.522. The molecule has 16 heteroatoms. The van der Waals surface area contributed by atoms with Gasteiger partial charge in [0.05, 0.1) is 87.6 Å². The summed E-state index contributed by atoms with van der Waals surface area (Å²) in [6.07, 6.45) is 7.02. The number of ether oxygens (including phenoxy) is 10. The van der Waals surface area contributed by atoms with Gasteiger partial charge < -0.3 is 47.4 Å². The number of hydrogen-bond donors (Lipinski definition) is 0. The molecule has 0 heterocycles. The predicted molar refractivity (Wildman–Crippen MR) is 225 cm³/mol. The van der Waals surface area contributed by atoms with Crippen LogP contribution >= 0.6 is 0 Å². The van der Waals surface area contributed by atoms with Crippen LogP contribution in [-0.4, -0.2) is 101 Å². The van der Waals surface area contributed by atoms with Gasteiger partial charge in [0, 0.05) is 12.8 Å². The Morgan fingerprint density at radius 1 is 0.452 bits per heavy atom. The van der Waals surface area contributed by atoms with Gasteiger partial charge in [0.15, 0.2) is 12.6 Å². The summed E-state index contributed by atoms with van der Waals surface area (Å²) in [6, 6.07) is 12.3. The van der Waals surface area contributed by atoms with Crippen LogP contribution < -0.4 is 0 Å². The van der Waals surface area contributed by atoms with Crippen LogP contribution in [0.1, 0.15) is 132 Å². The smallest absolute Gasteiger partial charge is 0.338 e. The fourth-order valence-corrected chi connectivity index (χ4v) is 5.28. The summed E-state index contributed by atoms with van der Waals surface area (Å²) in [5, 5.41) is 0. The third-order valence-corrected chi connectivity index (χ3v) is 8.54. The van der Waals surface area contributed by atoms with Crippen molar-refractivity contribution in [1.82, 2.24) is 0 Å². The summed E-state index contributed by atoms with van der Waals surface area (Å²) in [4.78, 5) is 74.0. The molecular weight excluding hydrogens is 808 g/mol. The minimum atomic E-state index is -0.776. The number of carbonyl (C=O) groups excluding carboxylic acids is 6. The first-order valence-corrected chi connectivity index (χ1v) is 21.0. The van der Waals surface area contributed by atoms with Crippen LogP contribution in [0.3, 0.4) is 0 Å². The zero-order valence-corrected chi connectivity index (χ0v) is 36.0. The van der Waals surface area contributed by atoms with Crippen molar-refractivity contribution in [2.75, 3.05) is 52.9 Å². The summed E-state index contributed by atoms with van der Waals surface area (Å²) >= 11 is 0. The lowest BCUT2D eigenvalue weighted by Gasteiger charge is -2.15. The van der Waals surface area contributed by atoms with Gasteiger partial charge in [-0.05, 0) is 114 Å². The molecule has 0 saturated heterocycles. The molecule has 2 aromatic rings. The Labute approximate surface area is 364 Å². The lowest BCUT2D eigenvalue weighted by Crippen LogP contribution is -2.19. The average Bonchev–Trinajstić information content (AvgIpc) is 3.26. The topological polar surface area (TPSA) is 195 Å². The Morgan fingerprint density at radius 3 is 1.05 bits per heavy atom. The highest BCUT2D eigenvalue weighted by molar-refractivity contribution is 5.96. The lowest BCUT2D eigenvalue weighted by molar-refractivity contribution is -0.177. The standard InChI is InChI=1S/C46H62O16/c1-5-53-25-9-11-29-57-43(49)37-19-17-21-39(33-37)45(51)59-31-15-13-27-55-35(3)61-41(47)23-7-8-24-42(48)62-36(4)56-28-14-16-32-60-46(52)40-22-18-20-38(34-40)44(50)58-30-12-10-26-54-6-2/h5-6,17-22,33-36H,1-2,7-16,23-32H2,3-4H3. The predicted octanol–water partition coefficient (Wildman–Crippen LogP) is 7.83. The molecule has 0 fully saturated rings. The lowest BCUT2D eigenvalue weighted by atomic mass is 10.1. The Balaban J connectivity index is 1.47. The summed E-state index contributed by atoms with van der Waals surface area (Å²) in [5.41, 5.74) is 0.978. The molecule has 0 radical (unpaired) electrons. The zero-order chi connectivity index (χ0) is 45.2. The summed E-state index contributed by atoms with van der Waals surface area (Å²) in [5.74, 6) is -3.10. The molecule has 2 rings (SSSR count). The first-order chi connectivity index (χ1) is 30.0. The van der Waals surface area contributed by atoms with Gasteiger partial charge in [-0.2, -0.15) is 0 Å². The molecule has 0 bridgehead atoms. The zero-order valence-electron chi connectivity index (χ0n) is 36.0. The molecule has 0 aromatic heterocycles. The van der Waals surface area contributed by atoms with E-state index in [-0.39, 0.29) is 74.7 Å². The number of unbranched alkanes of at least 4 members (excludes halogenated alkanes) is 5. The number of hydrogen-bond acceptors (Lipinski definition) is 16. The fourth-order valence-electron chi connectivity index (χ4n) is 5.28. The van der Waals surface area contributed by atoms with Gasteiger partial charge in [-0.15, -0.1) is 0 Å². The van der Waals surface area contributed by atoms with Crippen LogP contribution in [0, 0.1) is 0 Å². The monoisotopic (exact) mass is 870 g/mol. The first kappa shape index (κ1) is 52.4. The second-order valence-electron chi connectivity index (χ2n) is 13.7. The normalized spacial score (nSPS) is 11.6. The van der Waals surface area contributed by atoms with Gasteiger partial charge >= 0.3 is 35.8 Å². The molecule has 342 valence electrons. The summed E-state index contributed by atoms with van der Waals surface area (Å²) < 4.78 is 52.8. The van der Waals surface area contributed by atoms with E-state index in [0.29, 0.717) is 77.4 Å². The van der Waals surface area contributed by atoms with Crippen LogP contribution in [0.4, 0.5) is 0 Å². The van der Waals surface area contributed by atoms with Gasteiger partial charge in [0.25, 0.3) is 0 Å². The molecule has 0 saturated carbocycles. The second-order valence-corrected chi connectivity index (χ2v) is 13.7. The van der Waals surface area contributed by atoms with Crippen LogP contribution in [0.2, 0.25) is 0 Å². The Bertz CT molecular complexity index is 1550. The maximum Gasteiger partial charge on any atom is 0.338 e. The highest BCUT2D eigenvalue weighted by Gasteiger charge is 2.16. The van der Waals surface area contributed by atoms with E-state index in [1.54, 1.807) is 50.2 Å². The maximum absolute atomic E-state index is 12.5. The van der Waals surface area contributed by atoms with Gasteiger partial charge in [0.2, 0.25) is 0 Å². The van der Waals surface area contributed by atoms with Crippen molar-refractivity contribution in [1.29, 1.82) is 0 Å². The molecule has 62 heavy (non-hydrogen) atoms. The van der Waals surface area contributed by atoms with Crippen molar-refractivity contribution in [3.8, 4) is 0 Å². The number of esters is 6. The number of carbonyl (C=O) groups is 6. The van der Waals surface area contributed by atoms with Gasteiger partial charge in [-0.25, -0.2) is 19.2 Å². The van der Waals surface area contributed by atoms with Gasteiger partial charge in [-0.1, -0.05) is 25.3 Å². The second kappa shape index (κ2) is 33.0. The van der Waals surface area contributed by atoms with Crippen molar-refractivity contribution in [3.05, 3.63) is 96.5 Å². The van der Waals surface area contributed by atoms with Gasteiger partial charge in [0.1, 0.15) is 0 Å². The van der Waals surface area contributed by atoms with Crippen LogP contribution in [-0.2, 0) is 57.0 Å². The molecule has 2 aromatic carbocycles. The van der Waals surface area contributed by atoms with Gasteiger partial charge in [-0.3, -0.25) is 9.59 Å². The van der Waals surface area contributed by atoms with Crippen molar-refractivity contribution >= 4 is 35.8 Å². The highest BCUT2D eigenvalue weighted by Crippen LogP contribution is 2.12. The number of rotatable bonds is 35. The largest absolute Gasteiger partial charge is 0.502 e. The average molecular weight is 871 g/mol. The molecule has 0 N–H and O–H groups in total. The molecule has 16 nitrogen and oxygen atoms in total. The summed E-state index contributed by atoms with van der Waals surface area (Å²) in [7, 11) is 0. The van der Waals surface area contributed by atoms with E-state index < -0.39 is 48.4 Å². The third kappa shape index (κ3) is 24.5. The molecule has 0 aliphatic rings. The van der Waals surface area contributed by atoms with E-state index >= 15 is 0 Å². The molecule has 0 aliphatic carbocycles. The Hall–Kier alpha value is -5.74. The molecule has 2 unspecified atom stereocenters. The Kier molecular flexibility index (Phi) is 27.9. The van der Waals surface area contributed by atoms with Crippen molar-refractivity contribution in [3.63, 3.8) is 0 Å². The van der Waals surface area contributed by atoms with E-state index in [1.165, 1.54) is 24.7 Å². The first-order valence-electron chi connectivity index (χ1n) is 21.0. The van der Waals surface area contributed by atoms with Crippen molar-refractivity contribution in [2.24, 2.45) is 0 Å². The molecule has 0 aliphatic heterocycles. The van der Waals surface area contributed by atoms with E-state index in [0.717, 1.165) is 0 Å². The van der Waals surface area contributed by atoms with Crippen LogP contribution in [0.15, 0.2) is 74.2 Å². The SMILES string of the molecule is C=COCCCCOC(=O)c1cccc(C(=O)OCCCCOC(C)OC(=O)CCCCC(=O)OC(C)OCCCCOC(=O)c2cccc(C(=O)OCCCCOC=C)c2)c1. The van der Waals surface area contributed by atoms with E-state index in [2.05, 4.69) is 13.2 Å². The van der Waals surface area contributed by atoms with Crippen molar-refractivity contribution < 1.29 is 76.1 Å². The van der Waals surface area contributed by atoms with E-state index in [1.807, 2.05) is 0 Å². The Morgan fingerprint density at radius 2 is 0.742 bits per heavy atom. The third-order valence-electron chi connectivity index (χ3n) is 8.54. The number of benzene rings is 2. The maximum atomic E-state index is 12.5.